The summed E-state index contributed by atoms with van der Waals surface area (Å²) >= 11 is 0. The Morgan fingerprint density at radius 2 is 1.87 bits per heavy atom. The van der Waals surface area contributed by atoms with Gasteiger partial charge in [0.15, 0.2) is 5.75 Å². The van der Waals surface area contributed by atoms with Gasteiger partial charge in [0.2, 0.25) is 5.43 Å². The summed E-state index contributed by atoms with van der Waals surface area (Å²) in [6.07, 6.45) is 4.94. The maximum absolute atomic E-state index is 13.6. The van der Waals surface area contributed by atoms with E-state index in [0.717, 1.165) is 41.8 Å². The highest BCUT2D eigenvalue weighted by Gasteiger charge is 2.39. The molecule has 3 aromatic rings. The number of aromatic nitrogens is 2. The number of carbonyl (C=O) groups is 1. The summed E-state index contributed by atoms with van der Waals surface area (Å²) in [5, 5.41) is 9.93. The summed E-state index contributed by atoms with van der Waals surface area (Å²) in [5.41, 5.74) is 2.74. The fourth-order valence-electron chi connectivity index (χ4n) is 5.19. The first-order valence-electron chi connectivity index (χ1n) is 13.5. The second kappa shape index (κ2) is 10.8. The number of carboxylic acid groups (broad SMARTS) is 1. The van der Waals surface area contributed by atoms with Crippen LogP contribution in [0.3, 0.4) is 0 Å². The van der Waals surface area contributed by atoms with Crippen molar-refractivity contribution >= 4 is 5.97 Å². The Morgan fingerprint density at radius 1 is 1.13 bits per heavy atom. The second-order valence-corrected chi connectivity index (χ2v) is 11.5. The van der Waals surface area contributed by atoms with Crippen molar-refractivity contribution in [2.45, 2.75) is 65.0 Å². The molecule has 0 saturated heterocycles. The van der Waals surface area contributed by atoms with Gasteiger partial charge in [-0.25, -0.2) is 9.78 Å². The predicted octanol–water partition coefficient (Wildman–Crippen LogP) is 5.62. The normalized spacial score (nSPS) is 16.4. The molecular formula is C31H36N2O6. The molecule has 39 heavy (non-hydrogen) atoms. The van der Waals surface area contributed by atoms with Crippen molar-refractivity contribution in [1.82, 2.24) is 9.55 Å². The quantitative estimate of drug-likeness (QED) is 0.338. The molecule has 1 unspecified atom stereocenters. The zero-order valence-electron chi connectivity index (χ0n) is 23.0. The monoisotopic (exact) mass is 532 g/mol. The van der Waals surface area contributed by atoms with E-state index in [4.69, 9.17) is 19.2 Å². The Kier molecular flexibility index (Phi) is 7.49. The van der Waals surface area contributed by atoms with Crippen LogP contribution in [0.2, 0.25) is 0 Å². The fraction of sp³-hybridized carbons (Fsp3) is 0.452. The van der Waals surface area contributed by atoms with Crippen LogP contribution in [-0.2, 0) is 17.8 Å². The summed E-state index contributed by atoms with van der Waals surface area (Å²) in [6, 6.07) is 11.5. The average molecular weight is 533 g/mol. The molecule has 0 amide bonds. The van der Waals surface area contributed by atoms with Gasteiger partial charge in [-0.3, -0.25) is 4.79 Å². The molecule has 0 spiro atoms. The molecule has 2 aliphatic rings. The van der Waals surface area contributed by atoms with E-state index in [9.17, 15) is 14.7 Å². The molecule has 1 atom stereocenters. The Balaban J connectivity index is 1.69. The number of hydrogen-bond donors (Lipinski definition) is 1. The summed E-state index contributed by atoms with van der Waals surface area (Å²) in [4.78, 5) is 30.9. The van der Waals surface area contributed by atoms with Crippen molar-refractivity contribution in [3.63, 3.8) is 0 Å². The number of pyridine rings is 2. The summed E-state index contributed by atoms with van der Waals surface area (Å²) in [5.74, 6) is -0.161. The van der Waals surface area contributed by atoms with Crippen molar-refractivity contribution in [1.29, 1.82) is 0 Å². The molecule has 206 valence electrons. The zero-order valence-corrected chi connectivity index (χ0v) is 23.0. The van der Waals surface area contributed by atoms with E-state index in [1.165, 1.54) is 6.20 Å². The van der Waals surface area contributed by atoms with Crippen molar-refractivity contribution < 1.29 is 24.1 Å². The lowest BCUT2D eigenvalue weighted by molar-refractivity contribution is 0.0692. The maximum atomic E-state index is 13.6. The van der Waals surface area contributed by atoms with Crippen LogP contribution < -0.4 is 14.9 Å². The molecule has 5 rings (SSSR count). The van der Waals surface area contributed by atoms with Crippen LogP contribution >= 0.6 is 0 Å². The van der Waals surface area contributed by atoms with E-state index in [1.54, 1.807) is 7.11 Å². The highest BCUT2D eigenvalue weighted by Crippen LogP contribution is 2.49. The molecule has 0 bridgehead atoms. The van der Waals surface area contributed by atoms with Crippen LogP contribution in [0.15, 0.2) is 47.4 Å². The van der Waals surface area contributed by atoms with E-state index < -0.39 is 11.4 Å². The van der Waals surface area contributed by atoms with Crippen LogP contribution in [0, 0.1) is 5.41 Å². The number of hydrogen-bond acceptors (Lipinski definition) is 6. The van der Waals surface area contributed by atoms with E-state index >= 15 is 0 Å². The van der Waals surface area contributed by atoms with Crippen LogP contribution in [0.5, 0.6) is 11.5 Å². The zero-order chi connectivity index (χ0) is 27.7. The largest absolute Gasteiger partial charge is 0.492 e. The molecule has 8 nitrogen and oxygen atoms in total. The van der Waals surface area contributed by atoms with Crippen LogP contribution in [-0.4, -0.2) is 41.0 Å². The standard InChI is InChI=1S/C31H36N2O6/c1-31(2,3)24-16-21-15-23(38-14-8-13-37-4)25(20-11-12-20)32-26(21)27-29(39-18-19-9-6-5-7-10-19)28(34)22(30(35)36)17-33(24)27/h5-7,9-10,15,17,20,24H,8,11-14,16,18H2,1-4H3,(H,35,36). The van der Waals surface area contributed by atoms with Gasteiger partial charge >= 0.3 is 5.97 Å². The van der Waals surface area contributed by atoms with Gasteiger partial charge in [0, 0.05) is 38.3 Å². The molecule has 1 fully saturated rings. The SMILES string of the molecule is COCCCOc1cc2c(nc1C1CC1)-c1c(OCc3ccccc3)c(=O)c(C(=O)O)cn1C(C(C)(C)C)C2. The number of nitrogens with zero attached hydrogens (tertiary/aromatic N) is 2. The van der Waals surface area contributed by atoms with Gasteiger partial charge in [-0.15, -0.1) is 0 Å². The topological polar surface area (TPSA) is 99.9 Å². The molecule has 8 heteroatoms. The van der Waals surface area contributed by atoms with Crippen molar-refractivity contribution in [2.75, 3.05) is 20.3 Å². The number of aromatic carboxylic acids is 1. The minimum Gasteiger partial charge on any atom is -0.492 e. The Morgan fingerprint density at radius 3 is 2.51 bits per heavy atom. The van der Waals surface area contributed by atoms with Crippen molar-refractivity contribution in [2.24, 2.45) is 5.41 Å². The van der Waals surface area contributed by atoms with Gasteiger partial charge in [0.25, 0.3) is 0 Å². The molecular weight excluding hydrogens is 496 g/mol. The summed E-state index contributed by atoms with van der Waals surface area (Å²) in [6.45, 7) is 7.63. The summed E-state index contributed by atoms with van der Waals surface area (Å²) in [7, 11) is 1.68. The smallest absolute Gasteiger partial charge is 0.341 e. The second-order valence-electron chi connectivity index (χ2n) is 11.5. The first-order valence-corrected chi connectivity index (χ1v) is 13.5. The Hall–Kier alpha value is -3.65. The van der Waals surface area contributed by atoms with Gasteiger partial charge in [0.1, 0.15) is 23.6 Å². The van der Waals surface area contributed by atoms with Gasteiger partial charge in [-0.1, -0.05) is 51.1 Å². The number of ether oxygens (including phenoxy) is 3. The lowest BCUT2D eigenvalue weighted by Gasteiger charge is -2.39. The molecule has 3 heterocycles. The first-order chi connectivity index (χ1) is 18.7. The van der Waals surface area contributed by atoms with Crippen molar-refractivity contribution in [3.8, 4) is 22.9 Å². The third-order valence-electron chi connectivity index (χ3n) is 7.43. The number of benzene rings is 1. The molecule has 1 N–H and O–H groups in total. The van der Waals surface area contributed by atoms with Crippen LogP contribution in [0.1, 0.15) is 79.2 Å². The molecule has 2 aromatic heterocycles. The number of carboxylic acids is 1. The van der Waals surface area contributed by atoms with Gasteiger partial charge in [-0.2, -0.15) is 0 Å². The highest BCUT2D eigenvalue weighted by molar-refractivity contribution is 5.89. The van der Waals surface area contributed by atoms with E-state index in [0.29, 0.717) is 36.9 Å². The Bertz CT molecular complexity index is 1420. The predicted molar refractivity (Wildman–Crippen MR) is 148 cm³/mol. The molecule has 1 aliphatic heterocycles. The summed E-state index contributed by atoms with van der Waals surface area (Å²) < 4.78 is 19.5. The number of methoxy groups -OCH3 is 1. The van der Waals surface area contributed by atoms with E-state index in [-0.39, 0.29) is 29.4 Å². The van der Waals surface area contributed by atoms with Gasteiger partial charge < -0.3 is 23.9 Å². The third kappa shape index (κ3) is 5.57. The number of rotatable bonds is 10. The number of fused-ring (bicyclic) bond motifs is 3. The first kappa shape index (κ1) is 26.9. The average Bonchev–Trinajstić information content (AvgIpc) is 3.75. The van der Waals surface area contributed by atoms with Gasteiger partial charge in [-0.05, 0) is 41.9 Å². The van der Waals surface area contributed by atoms with Crippen LogP contribution in [0.4, 0.5) is 0 Å². The highest BCUT2D eigenvalue weighted by atomic mass is 16.5. The van der Waals surface area contributed by atoms with E-state index in [1.807, 2.05) is 34.9 Å². The molecule has 1 aliphatic carbocycles. The maximum Gasteiger partial charge on any atom is 0.341 e. The third-order valence-corrected chi connectivity index (χ3v) is 7.43. The minimum atomic E-state index is -1.27. The van der Waals surface area contributed by atoms with Crippen LogP contribution in [0.25, 0.3) is 11.4 Å². The Labute approximate surface area is 228 Å². The molecule has 1 aromatic carbocycles. The van der Waals surface area contributed by atoms with Gasteiger partial charge in [0.05, 0.1) is 18.0 Å². The lowest BCUT2D eigenvalue weighted by atomic mass is 9.79. The fourth-order valence-corrected chi connectivity index (χ4v) is 5.19. The van der Waals surface area contributed by atoms with E-state index in [2.05, 4.69) is 26.8 Å². The lowest BCUT2D eigenvalue weighted by Crippen LogP contribution is -2.34. The minimum absolute atomic E-state index is 0.0250. The molecule has 0 radical (unpaired) electrons. The molecule has 1 saturated carbocycles. The van der Waals surface area contributed by atoms with Crippen molar-refractivity contribution in [3.05, 3.63) is 75.2 Å².